The fourth-order valence-electron chi connectivity index (χ4n) is 1.90. The first-order valence-corrected chi connectivity index (χ1v) is 6.68. The van der Waals surface area contributed by atoms with Crippen molar-refractivity contribution in [2.75, 3.05) is 33.0 Å². The fourth-order valence-corrected chi connectivity index (χ4v) is 1.90. The predicted molar refractivity (Wildman–Crippen MR) is 68.2 cm³/mol. The summed E-state index contributed by atoms with van der Waals surface area (Å²) in [4.78, 5) is 11.5. The molecule has 1 aliphatic heterocycles. The molecule has 1 saturated heterocycles. The van der Waals surface area contributed by atoms with E-state index in [0.717, 1.165) is 32.7 Å². The van der Waals surface area contributed by atoms with Gasteiger partial charge in [0.1, 0.15) is 5.54 Å². The van der Waals surface area contributed by atoms with Gasteiger partial charge in [-0.25, -0.2) is 0 Å². The van der Waals surface area contributed by atoms with Crippen LogP contribution in [-0.2, 0) is 19.0 Å². The number of carbonyl (C=O) groups is 1. The molecule has 5 heteroatoms. The average Bonchev–Trinajstić information content (AvgIpc) is 2.82. The summed E-state index contributed by atoms with van der Waals surface area (Å²) in [6.07, 6.45) is 2.42. The number of hydrogen-bond acceptors (Lipinski definition) is 5. The fraction of sp³-hybridized carbons (Fsp3) is 0.923. The summed E-state index contributed by atoms with van der Waals surface area (Å²) in [6.45, 7) is 6.86. The lowest BCUT2D eigenvalue weighted by Crippen LogP contribution is -2.46. The molecule has 1 fully saturated rings. The molecule has 1 aliphatic rings. The van der Waals surface area contributed by atoms with E-state index in [1.807, 2.05) is 0 Å². The van der Waals surface area contributed by atoms with E-state index in [1.54, 1.807) is 13.8 Å². The quantitative estimate of drug-likeness (QED) is 0.522. The monoisotopic (exact) mass is 259 g/mol. The predicted octanol–water partition coefficient (Wildman–Crippen LogP) is 1.10. The number of ether oxygens (including phenoxy) is 3. The summed E-state index contributed by atoms with van der Waals surface area (Å²) in [5.74, 6) is 0.188. The van der Waals surface area contributed by atoms with Crippen molar-refractivity contribution in [3.8, 4) is 0 Å². The molecule has 0 aliphatic carbocycles. The molecule has 18 heavy (non-hydrogen) atoms. The first-order chi connectivity index (χ1) is 8.56. The van der Waals surface area contributed by atoms with Gasteiger partial charge in [0.05, 0.1) is 19.8 Å². The number of carbonyl (C=O) groups excluding carboxylic acids is 1. The van der Waals surface area contributed by atoms with Crippen molar-refractivity contribution in [2.24, 2.45) is 11.7 Å². The van der Waals surface area contributed by atoms with Crippen LogP contribution in [0, 0.1) is 5.92 Å². The molecule has 0 radical (unpaired) electrons. The highest BCUT2D eigenvalue weighted by molar-refractivity contribution is 5.79. The molecular formula is C13H25NO4. The lowest BCUT2D eigenvalue weighted by Gasteiger charge is -2.22. The Morgan fingerprint density at radius 1 is 1.56 bits per heavy atom. The van der Waals surface area contributed by atoms with Crippen molar-refractivity contribution in [3.63, 3.8) is 0 Å². The minimum absolute atomic E-state index is 0.339. The minimum Gasteiger partial charge on any atom is -0.465 e. The number of nitrogens with two attached hydrogens (primary N) is 1. The largest absolute Gasteiger partial charge is 0.465 e. The van der Waals surface area contributed by atoms with E-state index in [1.165, 1.54) is 0 Å². The van der Waals surface area contributed by atoms with Gasteiger partial charge in [0.15, 0.2) is 0 Å². The Morgan fingerprint density at radius 2 is 2.33 bits per heavy atom. The Labute approximate surface area is 109 Å². The highest BCUT2D eigenvalue weighted by Crippen LogP contribution is 2.14. The van der Waals surface area contributed by atoms with E-state index in [4.69, 9.17) is 19.9 Å². The maximum absolute atomic E-state index is 11.5. The summed E-state index contributed by atoms with van der Waals surface area (Å²) in [5.41, 5.74) is 4.99. The zero-order valence-electron chi connectivity index (χ0n) is 11.4. The molecule has 0 aromatic carbocycles. The molecule has 2 atom stereocenters. The highest BCUT2D eigenvalue weighted by Gasteiger charge is 2.29. The van der Waals surface area contributed by atoms with Crippen LogP contribution in [0.3, 0.4) is 0 Å². The van der Waals surface area contributed by atoms with E-state index >= 15 is 0 Å². The molecule has 1 heterocycles. The first-order valence-electron chi connectivity index (χ1n) is 6.68. The zero-order chi connectivity index (χ0) is 13.4. The van der Waals surface area contributed by atoms with Crippen molar-refractivity contribution in [1.82, 2.24) is 0 Å². The van der Waals surface area contributed by atoms with Gasteiger partial charge in [-0.15, -0.1) is 0 Å². The third-order valence-electron chi connectivity index (χ3n) is 3.10. The smallest absolute Gasteiger partial charge is 0.325 e. The van der Waals surface area contributed by atoms with E-state index in [-0.39, 0.29) is 5.97 Å². The molecule has 2 unspecified atom stereocenters. The summed E-state index contributed by atoms with van der Waals surface area (Å²) in [7, 11) is 0. The summed E-state index contributed by atoms with van der Waals surface area (Å²) >= 11 is 0. The van der Waals surface area contributed by atoms with Crippen LogP contribution in [0.5, 0.6) is 0 Å². The van der Waals surface area contributed by atoms with Gasteiger partial charge in [-0.05, 0) is 33.1 Å². The normalized spacial score (nSPS) is 22.7. The van der Waals surface area contributed by atoms with Gasteiger partial charge in [-0.1, -0.05) is 0 Å². The third-order valence-corrected chi connectivity index (χ3v) is 3.10. The molecule has 0 bridgehead atoms. The molecule has 0 spiro atoms. The molecule has 106 valence electrons. The molecule has 0 saturated carbocycles. The van der Waals surface area contributed by atoms with Gasteiger partial charge < -0.3 is 19.9 Å². The Hall–Kier alpha value is -0.650. The Morgan fingerprint density at radius 3 is 2.94 bits per heavy atom. The third kappa shape index (κ3) is 5.33. The molecule has 1 rings (SSSR count). The lowest BCUT2D eigenvalue weighted by molar-refractivity contribution is -0.149. The maximum atomic E-state index is 11.5. The molecule has 0 amide bonds. The first kappa shape index (κ1) is 15.4. The topological polar surface area (TPSA) is 70.8 Å². The second-order valence-corrected chi connectivity index (χ2v) is 5.05. The Kier molecular flexibility index (Phi) is 6.60. The van der Waals surface area contributed by atoms with Crippen molar-refractivity contribution in [1.29, 1.82) is 0 Å². The second kappa shape index (κ2) is 7.71. The van der Waals surface area contributed by atoms with Gasteiger partial charge in [-0.2, -0.15) is 0 Å². The molecule has 5 nitrogen and oxygen atoms in total. The highest BCUT2D eigenvalue weighted by atomic mass is 16.5. The van der Waals surface area contributed by atoms with Gasteiger partial charge in [0.25, 0.3) is 0 Å². The van der Waals surface area contributed by atoms with Crippen LogP contribution in [0.4, 0.5) is 0 Å². The number of rotatable bonds is 8. The van der Waals surface area contributed by atoms with Crippen LogP contribution in [0.1, 0.15) is 33.1 Å². The van der Waals surface area contributed by atoms with Gasteiger partial charge in [0.2, 0.25) is 0 Å². The summed E-state index contributed by atoms with van der Waals surface area (Å²) < 4.78 is 15.8. The zero-order valence-corrected chi connectivity index (χ0v) is 11.4. The van der Waals surface area contributed by atoms with Gasteiger partial charge >= 0.3 is 5.97 Å². The Bertz CT molecular complexity index is 249. The average molecular weight is 259 g/mol. The maximum Gasteiger partial charge on any atom is 0.325 e. The molecule has 0 aromatic heterocycles. The number of hydrogen-bond donors (Lipinski definition) is 1. The Balaban J connectivity index is 2.06. The van der Waals surface area contributed by atoms with Crippen LogP contribution in [0.25, 0.3) is 0 Å². The van der Waals surface area contributed by atoms with Crippen molar-refractivity contribution >= 4 is 5.97 Å². The van der Waals surface area contributed by atoms with E-state index in [0.29, 0.717) is 25.6 Å². The van der Waals surface area contributed by atoms with Gasteiger partial charge in [0, 0.05) is 19.1 Å². The van der Waals surface area contributed by atoms with Crippen molar-refractivity contribution < 1.29 is 19.0 Å². The van der Waals surface area contributed by atoms with Crippen LogP contribution >= 0.6 is 0 Å². The second-order valence-electron chi connectivity index (χ2n) is 5.05. The van der Waals surface area contributed by atoms with E-state index < -0.39 is 5.54 Å². The molecular weight excluding hydrogens is 234 g/mol. The lowest BCUT2D eigenvalue weighted by atomic mass is 9.98. The van der Waals surface area contributed by atoms with Crippen LogP contribution in [0.2, 0.25) is 0 Å². The van der Waals surface area contributed by atoms with Gasteiger partial charge in [-0.3, -0.25) is 4.79 Å². The van der Waals surface area contributed by atoms with Crippen LogP contribution in [0.15, 0.2) is 0 Å². The molecule has 2 N–H and O–H groups in total. The van der Waals surface area contributed by atoms with E-state index in [9.17, 15) is 4.79 Å². The summed E-state index contributed by atoms with van der Waals surface area (Å²) in [6, 6.07) is 0. The van der Waals surface area contributed by atoms with Crippen LogP contribution < -0.4 is 5.73 Å². The number of esters is 1. The SMILES string of the molecule is CCOC(=O)C(C)(N)CCCOCC1CCOC1. The molecule has 0 aromatic rings. The van der Waals surface area contributed by atoms with Crippen LogP contribution in [-0.4, -0.2) is 44.5 Å². The summed E-state index contributed by atoms with van der Waals surface area (Å²) in [5, 5.41) is 0. The van der Waals surface area contributed by atoms with E-state index in [2.05, 4.69) is 0 Å². The standard InChI is InChI=1S/C13H25NO4/c1-3-18-12(15)13(2,14)6-4-7-16-9-11-5-8-17-10-11/h11H,3-10,14H2,1-2H3. The minimum atomic E-state index is -0.907. The van der Waals surface area contributed by atoms with Crippen molar-refractivity contribution in [2.45, 2.75) is 38.6 Å². The van der Waals surface area contributed by atoms with Crippen molar-refractivity contribution in [3.05, 3.63) is 0 Å².